The number of fused-ring (bicyclic) bond motifs is 3. The molecular weight excluding hydrogens is 429 g/mol. The molecule has 0 aliphatic carbocycles. The molecule has 0 saturated carbocycles. The van der Waals surface area contributed by atoms with Crippen molar-refractivity contribution in [2.45, 2.75) is 25.0 Å². The maximum atomic E-state index is 13.3. The van der Waals surface area contributed by atoms with Gasteiger partial charge in [0.1, 0.15) is 16.9 Å². The molecule has 2 heterocycles. The second-order valence-electron chi connectivity index (χ2n) is 6.59. The van der Waals surface area contributed by atoms with Gasteiger partial charge < -0.3 is 9.73 Å². The zero-order chi connectivity index (χ0) is 21.3. The normalized spacial score (nSPS) is 11.3. The summed E-state index contributed by atoms with van der Waals surface area (Å²) in [6.45, 7) is 2.41. The zero-order valence-electron chi connectivity index (χ0n) is 15.9. The van der Waals surface area contributed by atoms with Crippen molar-refractivity contribution in [3.63, 3.8) is 0 Å². The number of nitrogens with one attached hydrogen (secondary N) is 1. The Hall–Kier alpha value is -2.84. The lowest BCUT2D eigenvalue weighted by atomic mass is 10.2. The summed E-state index contributed by atoms with van der Waals surface area (Å²) in [6, 6.07) is 11.3. The van der Waals surface area contributed by atoms with Gasteiger partial charge in [-0.05, 0) is 36.8 Å². The highest BCUT2D eigenvalue weighted by molar-refractivity contribution is 7.99. The van der Waals surface area contributed by atoms with E-state index in [-0.39, 0.29) is 27.8 Å². The minimum absolute atomic E-state index is 0.0203. The number of halogens is 2. The van der Waals surface area contributed by atoms with Crippen LogP contribution in [0.25, 0.3) is 22.1 Å². The van der Waals surface area contributed by atoms with E-state index in [1.807, 2.05) is 25.1 Å². The van der Waals surface area contributed by atoms with Crippen molar-refractivity contribution in [3.8, 4) is 0 Å². The molecule has 6 nitrogen and oxygen atoms in total. The van der Waals surface area contributed by atoms with Crippen LogP contribution in [-0.4, -0.2) is 21.2 Å². The smallest absolute Gasteiger partial charge is 0.297 e. The minimum atomic E-state index is -0.558. The van der Waals surface area contributed by atoms with E-state index in [2.05, 4.69) is 10.3 Å². The number of amides is 1. The molecule has 0 saturated heterocycles. The highest BCUT2D eigenvalue weighted by Crippen LogP contribution is 2.27. The molecule has 0 unspecified atom stereocenters. The lowest BCUT2D eigenvalue weighted by Gasteiger charge is -2.11. The highest BCUT2D eigenvalue weighted by atomic mass is 35.5. The SMILES string of the molecule is CCCn1c(SCC(=O)Nc2ccc(F)c(Cl)c2)nc2c(oc3ccccc32)c1=O. The number of anilines is 1. The molecule has 4 rings (SSSR count). The number of para-hydroxylation sites is 1. The highest BCUT2D eigenvalue weighted by Gasteiger charge is 2.18. The predicted molar refractivity (Wildman–Crippen MR) is 117 cm³/mol. The van der Waals surface area contributed by atoms with E-state index in [0.717, 1.165) is 23.6 Å². The average Bonchev–Trinajstić information content (AvgIpc) is 3.10. The Labute approximate surface area is 180 Å². The van der Waals surface area contributed by atoms with Crippen molar-refractivity contribution < 1.29 is 13.6 Å². The second kappa shape index (κ2) is 8.49. The van der Waals surface area contributed by atoms with E-state index in [1.165, 1.54) is 22.8 Å². The topological polar surface area (TPSA) is 77.1 Å². The predicted octanol–water partition coefficient (Wildman–Crippen LogP) is 5.08. The van der Waals surface area contributed by atoms with Crippen LogP contribution in [0.4, 0.5) is 10.1 Å². The quantitative estimate of drug-likeness (QED) is 0.331. The van der Waals surface area contributed by atoms with Crippen LogP contribution in [0.15, 0.2) is 56.8 Å². The molecule has 0 aliphatic rings. The lowest BCUT2D eigenvalue weighted by molar-refractivity contribution is -0.113. The van der Waals surface area contributed by atoms with Crippen molar-refractivity contribution in [3.05, 3.63) is 63.7 Å². The van der Waals surface area contributed by atoms with Crippen LogP contribution in [-0.2, 0) is 11.3 Å². The van der Waals surface area contributed by atoms with Gasteiger partial charge in [-0.25, -0.2) is 9.37 Å². The van der Waals surface area contributed by atoms with Crippen LogP contribution in [0.2, 0.25) is 5.02 Å². The zero-order valence-corrected chi connectivity index (χ0v) is 17.5. The van der Waals surface area contributed by atoms with Crippen molar-refractivity contribution in [2.75, 3.05) is 11.1 Å². The third-order valence-electron chi connectivity index (χ3n) is 4.43. The summed E-state index contributed by atoms with van der Waals surface area (Å²) in [7, 11) is 0. The molecule has 9 heteroatoms. The number of aromatic nitrogens is 2. The van der Waals surface area contributed by atoms with E-state index in [4.69, 9.17) is 16.0 Å². The van der Waals surface area contributed by atoms with Gasteiger partial charge in [0.05, 0.1) is 10.8 Å². The van der Waals surface area contributed by atoms with Crippen LogP contribution in [0, 0.1) is 5.82 Å². The first-order valence-electron chi connectivity index (χ1n) is 9.27. The molecule has 2 aromatic carbocycles. The van der Waals surface area contributed by atoms with Crippen LogP contribution < -0.4 is 10.9 Å². The first-order valence-corrected chi connectivity index (χ1v) is 10.6. The molecule has 0 bridgehead atoms. The Balaban J connectivity index is 1.63. The van der Waals surface area contributed by atoms with Crippen molar-refractivity contribution in [1.82, 2.24) is 9.55 Å². The summed E-state index contributed by atoms with van der Waals surface area (Å²) in [6.07, 6.45) is 0.723. The van der Waals surface area contributed by atoms with Gasteiger partial charge in [-0.2, -0.15) is 0 Å². The van der Waals surface area contributed by atoms with Gasteiger partial charge in [0, 0.05) is 17.6 Å². The first kappa shape index (κ1) is 20.4. The van der Waals surface area contributed by atoms with Gasteiger partial charge in [0.2, 0.25) is 11.5 Å². The summed E-state index contributed by atoms with van der Waals surface area (Å²) in [5.41, 5.74) is 1.40. The Morgan fingerprint density at radius 3 is 2.87 bits per heavy atom. The monoisotopic (exact) mass is 445 g/mol. The van der Waals surface area contributed by atoms with Crippen LogP contribution >= 0.6 is 23.4 Å². The fraction of sp³-hybridized carbons (Fsp3) is 0.190. The molecule has 0 spiro atoms. The molecule has 0 radical (unpaired) electrons. The Morgan fingerprint density at radius 2 is 2.10 bits per heavy atom. The number of carbonyl (C=O) groups excluding carboxylic acids is 1. The molecule has 0 atom stereocenters. The van der Waals surface area contributed by atoms with Gasteiger partial charge in [0.15, 0.2) is 5.16 Å². The second-order valence-corrected chi connectivity index (χ2v) is 7.94. The first-order chi connectivity index (χ1) is 14.5. The standard InChI is InChI=1S/C21H17ClFN3O3S/c1-2-9-26-20(28)19-18(13-5-3-4-6-16(13)29-19)25-21(26)30-11-17(27)24-12-7-8-15(23)14(22)10-12/h3-8,10H,2,9,11H2,1H3,(H,24,27). The molecule has 30 heavy (non-hydrogen) atoms. The maximum absolute atomic E-state index is 13.3. The number of nitrogens with zero attached hydrogens (tertiary/aromatic N) is 2. The number of furan rings is 1. The molecule has 0 fully saturated rings. The third kappa shape index (κ3) is 3.93. The van der Waals surface area contributed by atoms with Gasteiger partial charge in [-0.1, -0.05) is 42.4 Å². The van der Waals surface area contributed by atoms with Crippen LogP contribution in [0.1, 0.15) is 13.3 Å². The van der Waals surface area contributed by atoms with Crippen LogP contribution in [0.5, 0.6) is 0 Å². The number of rotatable bonds is 6. The van der Waals surface area contributed by atoms with Crippen molar-refractivity contribution in [2.24, 2.45) is 0 Å². The molecule has 1 N–H and O–H groups in total. The van der Waals surface area contributed by atoms with Crippen molar-refractivity contribution in [1.29, 1.82) is 0 Å². The summed E-state index contributed by atoms with van der Waals surface area (Å²) in [5.74, 6) is -0.860. The number of thioether (sulfide) groups is 1. The number of hydrogen-bond acceptors (Lipinski definition) is 5. The summed E-state index contributed by atoms with van der Waals surface area (Å²) in [5, 5.41) is 3.78. The minimum Gasteiger partial charge on any atom is -0.448 e. The fourth-order valence-electron chi connectivity index (χ4n) is 3.09. The molecule has 2 aromatic heterocycles. The molecular formula is C21H17ClFN3O3S. The Bertz CT molecular complexity index is 1320. The van der Waals surface area contributed by atoms with E-state index in [1.54, 1.807) is 6.07 Å². The summed E-state index contributed by atoms with van der Waals surface area (Å²) in [4.78, 5) is 30.0. The van der Waals surface area contributed by atoms with Gasteiger partial charge >= 0.3 is 0 Å². The fourth-order valence-corrected chi connectivity index (χ4v) is 4.08. The largest absolute Gasteiger partial charge is 0.448 e. The molecule has 154 valence electrons. The summed E-state index contributed by atoms with van der Waals surface area (Å²) < 4.78 is 20.5. The molecule has 4 aromatic rings. The number of carbonyl (C=O) groups is 1. The molecule has 1 amide bonds. The number of hydrogen-bond donors (Lipinski definition) is 1. The van der Waals surface area contributed by atoms with Gasteiger partial charge in [-0.15, -0.1) is 0 Å². The van der Waals surface area contributed by atoms with Gasteiger partial charge in [0.25, 0.3) is 5.56 Å². The van der Waals surface area contributed by atoms with Crippen molar-refractivity contribution >= 4 is 57.0 Å². The lowest BCUT2D eigenvalue weighted by Crippen LogP contribution is -2.23. The van der Waals surface area contributed by atoms with Gasteiger partial charge in [-0.3, -0.25) is 14.2 Å². The number of benzene rings is 2. The van der Waals surface area contributed by atoms with E-state index in [0.29, 0.717) is 28.5 Å². The van der Waals surface area contributed by atoms with E-state index < -0.39 is 5.82 Å². The Kier molecular flexibility index (Phi) is 5.78. The maximum Gasteiger partial charge on any atom is 0.297 e. The third-order valence-corrected chi connectivity index (χ3v) is 5.70. The summed E-state index contributed by atoms with van der Waals surface area (Å²) >= 11 is 6.90. The van der Waals surface area contributed by atoms with Crippen LogP contribution in [0.3, 0.4) is 0 Å². The molecule has 0 aliphatic heterocycles. The Morgan fingerprint density at radius 1 is 1.30 bits per heavy atom. The van der Waals surface area contributed by atoms with E-state index >= 15 is 0 Å². The van der Waals surface area contributed by atoms with E-state index in [9.17, 15) is 14.0 Å². The average molecular weight is 446 g/mol.